The van der Waals surface area contributed by atoms with E-state index in [1.54, 1.807) is 23.2 Å². The molecule has 152 valence electrons. The van der Waals surface area contributed by atoms with E-state index in [0.29, 0.717) is 6.54 Å². The number of rotatable bonds is 7. The van der Waals surface area contributed by atoms with Gasteiger partial charge in [-0.25, -0.2) is 22.6 Å². The summed E-state index contributed by atoms with van der Waals surface area (Å²) in [5.74, 6) is 0.751. The molecule has 0 unspecified atom stereocenters. The monoisotopic (exact) mass is 409 g/mol. The average molecular weight is 409 g/mol. The van der Waals surface area contributed by atoms with Crippen LogP contribution in [-0.4, -0.2) is 45.3 Å². The quantitative estimate of drug-likeness (QED) is 0.178. The van der Waals surface area contributed by atoms with Crippen molar-refractivity contribution in [2.45, 2.75) is 6.43 Å². The van der Waals surface area contributed by atoms with Gasteiger partial charge in [0.1, 0.15) is 5.82 Å². The fourth-order valence-corrected chi connectivity index (χ4v) is 2.45. The Bertz CT molecular complexity index is 986. The summed E-state index contributed by atoms with van der Waals surface area (Å²) >= 11 is 0. The summed E-state index contributed by atoms with van der Waals surface area (Å²) in [5, 5.41) is 27.7. The van der Waals surface area contributed by atoms with Crippen molar-refractivity contribution in [1.82, 2.24) is 20.5 Å². The molecule has 1 aliphatic rings. The van der Waals surface area contributed by atoms with E-state index in [1.165, 1.54) is 6.07 Å². The van der Waals surface area contributed by atoms with Crippen molar-refractivity contribution in [2.24, 2.45) is 5.16 Å². The fraction of sp³-hybridized carbons (Fsp3) is 0.188. The van der Waals surface area contributed by atoms with Gasteiger partial charge in [-0.1, -0.05) is 5.16 Å². The molecular formula is C16H14F3N7O3. The lowest BCUT2D eigenvalue weighted by atomic mass is 10.2. The summed E-state index contributed by atoms with van der Waals surface area (Å²) in [6.45, 7) is 0.637. The van der Waals surface area contributed by atoms with Gasteiger partial charge in [0.25, 0.3) is 6.43 Å². The molecule has 2 aromatic rings. The first kappa shape index (κ1) is 19.8. The van der Waals surface area contributed by atoms with Gasteiger partial charge in [0.2, 0.25) is 11.7 Å². The van der Waals surface area contributed by atoms with E-state index < -0.39 is 17.8 Å². The third-order valence-electron chi connectivity index (χ3n) is 3.81. The minimum absolute atomic E-state index is 0.0393. The van der Waals surface area contributed by atoms with Crippen LogP contribution in [0.3, 0.4) is 0 Å². The highest BCUT2D eigenvalue weighted by atomic mass is 19.3. The van der Waals surface area contributed by atoms with Crippen molar-refractivity contribution in [2.75, 3.05) is 23.7 Å². The number of halogens is 3. The number of benzene rings is 1. The lowest BCUT2D eigenvalue weighted by molar-refractivity contribution is 0.146. The first-order chi connectivity index (χ1) is 14.0. The molecule has 0 saturated heterocycles. The topological polar surface area (TPSA) is 128 Å². The zero-order valence-corrected chi connectivity index (χ0v) is 14.6. The zero-order valence-electron chi connectivity index (χ0n) is 14.6. The second kappa shape index (κ2) is 8.80. The van der Waals surface area contributed by atoms with Crippen LogP contribution in [0.5, 0.6) is 0 Å². The number of nitrogens with one attached hydrogen (secondary N) is 3. The van der Waals surface area contributed by atoms with E-state index in [1.807, 2.05) is 0 Å². The Morgan fingerprint density at radius 2 is 2.24 bits per heavy atom. The Morgan fingerprint density at radius 3 is 2.97 bits per heavy atom. The van der Waals surface area contributed by atoms with Gasteiger partial charge in [-0.3, -0.25) is 0 Å². The third-order valence-corrected chi connectivity index (χ3v) is 3.81. The highest BCUT2D eigenvalue weighted by Crippen LogP contribution is 2.25. The van der Waals surface area contributed by atoms with E-state index >= 15 is 0 Å². The molecule has 0 aliphatic carbocycles. The summed E-state index contributed by atoms with van der Waals surface area (Å²) in [6, 6.07) is 2.92. The Kier molecular flexibility index (Phi) is 6.00. The van der Waals surface area contributed by atoms with Crippen LogP contribution in [0.1, 0.15) is 17.7 Å². The molecule has 0 amide bonds. The molecule has 2 heterocycles. The SMILES string of the molecule is O=C=C1NC=CN1CCNc1nonc1C(=NO)Nc1ccc(F)c(C(F)F)c1. The molecule has 3 rings (SSSR count). The first-order valence-corrected chi connectivity index (χ1v) is 8.12. The number of hydrogen-bond acceptors (Lipinski definition) is 9. The molecule has 29 heavy (non-hydrogen) atoms. The van der Waals surface area contributed by atoms with Gasteiger partial charge < -0.3 is 26.1 Å². The van der Waals surface area contributed by atoms with Crippen LogP contribution >= 0.6 is 0 Å². The van der Waals surface area contributed by atoms with Gasteiger partial charge in [0, 0.05) is 31.2 Å². The number of oxime groups is 1. The fourth-order valence-electron chi connectivity index (χ4n) is 2.45. The molecule has 0 atom stereocenters. The molecule has 1 aromatic carbocycles. The number of nitrogens with zero attached hydrogens (tertiary/aromatic N) is 4. The maximum Gasteiger partial charge on any atom is 0.266 e. The van der Waals surface area contributed by atoms with Crippen LogP contribution in [-0.2, 0) is 4.79 Å². The van der Waals surface area contributed by atoms with Gasteiger partial charge in [-0.15, -0.1) is 0 Å². The Labute approximate surface area is 161 Å². The predicted octanol–water partition coefficient (Wildman–Crippen LogP) is 1.86. The maximum atomic E-state index is 13.4. The van der Waals surface area contributed by atoms with Crippen LogP contribution in [0.4, 0.5) is 24.7 Å². The molecule has 4 N–H and O–H groups in total. The van der Waals surface area contributed by atoms with E-state index in [-0.39, 0.29) is 35.4 Å². The largest absolute Gasteiger partial charge is 0.409 e. The van der Waals surface area contributed by atoms with E-state index in [9.17, 15) is 23.2 Å². The van der Waals surface area contributed by atoms with Gasteiger partial charge >= 0.3 is 0 Å². The standard InChI is InChI=1S/C16H14F3N7O3/c17-11-2-1-9(7-10(11)14(18)19)22-16(23-28)13-15(25-29-24-13)21-4-6-26-5-3-20-12(26)8-27/h1-3,5,7,14,20,28H,4,6H2,(H,21,25)(H,22,23). The van der Waals surface area contributed by atoms with Crippen molar-refractivity contribution < 1.29 is 27.8 Å². The predicted molar refractivity (Wildman–Crippen MR) is 94.3 cm³/mol. The molecule has 1 aromatic heterocycles. The summed E-state index contributed by atoms with van der Waals surface area (Å²) in [6.07, 6.45) is 0.193. The molecule has 0 bridgehead atoms. The molecule has 0 fully saturated rings. The Hall–Kier alpha value is -3.99. The zero-order chi connectivity index (χ0) is 20.8. The number of aromatic nitrogens is 2. The van der Waals surface area contributed by atoms with Crippen molar-refractivity contribution in [1.29, 1.82) is 0 Å². The molecular weight excluding hydrogens is 395 g/mol. The Balaban J connectivity index is 1.69. The van der Waals surface area contributed by atoms with Crippen molar-refractivity contribution in [3.63, 3.8) is 0 Å². The number of amidine groups is 1. The minimum Gasteiger partial charge on any atom is -0.409 e. The first-order valence-electron chi connectivity index (χ1n) is 8.12. The van der Waals surface area contributed by atoms with Crippen LogP contribution in [0.25, 0.3) is 0 Å². The molecule has 1 aliphatic heterocycles. The average Bonchev–Trinajstić information content (AvgIpc) is 3.36. The number of hydrogen-bond donors (Lipinski definition) is 4. The molecule has 0 saturated carbocycles. The van der Waals surface area contributed by atoms with Gasteiger partial charge in [0.05, 0.1) is 5.56 Å². The third kappa shape index (κ3) is 4.47. The second-order valence-corrected chi connectivity index (χ2v) is 5.60. The summed E-state index contributed by atoms with van der Waals surface area (Å²) in [7, 11) is 0. The van der Waals surface area contributed by atoms with Crippen LogP contribution in [0, 0.1) is 5.82 Å². The summed E-state index contributed by atoms with van der Waals surface area (Å²) in [4.78, 5) is 12.4. The lowest BCUT2D eigenvalue weighted by Gasteiger charge is -2.15. The normalized spacial score (nSPS) is 13.6. The van der Waals surface area contributed by atoms with E-state index in [0.717, 1.165) is 12.1 Å². The van der Waals surface area contributed by atoms with E-state index in [2.05, 4.69) is 36.0 Å². The minimum atomic E-state index is -3.02. The molecule has 13 heteroatoms. The maximum absolute atomic E-state index is 13.4. The van der Waals surface area contributed by atoms with Crippen LogP contribution < -0.4 is 16.0 Å². The number of anilines is 2. The van der Waals surface area contributed by atoms with Gasteiger partial charge in [0.15, 0.2) is 17.5 Å². The lowest BCUT2D eigenvalue weighted by Crippen LogP contribution is -2.26. The summed E-state index contributed by atoms with van der Waals surface area (Å²) < 4.78 is 43.8. The smallest absolute Gasteiger partial charge is 0.266 e. The van der Waals surface area contributed by atoms with Gasteiger partial charge in [-0.2, -0.15) is 0 Å². The van der Waals surface area contributed by atoms with Crippen LogP contribution in [0.2, 0.25) is 0 Å². The number of alkyl halides is 2. The molecule has 10 nitrogen and oxygen atoms in total. The Morgan fingerprint density at radius 1 is 1.41 bits per heavy atom. The molecule has 0 radical (unpaired) electrons. The van der Waals surface area contributed by atoms with Crippen molar-refractivity contribution >= 4 is 23.3 Å². The van der Waals surface area contributed by atoms with Crippen molar-refractivity contribution in [3.05, 3.63) is 53.5 Å². The molecule has 0 spiro atoms. The highest BCUT2D eigenvalue weighted by Gasteiger charge is 2.20. The van der Waals surface area contributed by atoms with Crippen LogP contribution in [0.15, 0.2) is 46.2 Å². The van der Waals surface area contributed by atoms with Crippen molar-refractivity contribution in [3.8, 4) is 0 Å². The van der Waals surface area contributed by atoms with Gasteiger partial charge in [-0.05, 0) is 28.5 Å². The number of carbonyl (C=O) groups excluding carboxylic acids is 1. The van der Waals surface area contributed by atoms with E-state index in [4.69, 9.17) is 0 Å². The summed E-state index contributed by atoms with van der Waals surface area (Å²) in [5.41, 5.74) is -0.815. The second-order valence-electron chi connectivity index (χ2n) is 5.60. The highest BCUT2D eigenvalue weighted by molar-refractivity contribution is 6.09.